The molecule has 0 unspecified atom stereocenters. The predicted octanol–water partition coefficient (Wildman–Crippen LogP) is 1.32. The number of para-hydroxylation sites is 1. The van der Waals surface area contributed by atoms with Gasteiger partial charge < -0.3 is 10.4 Å². The van der Waals surface area contributed by atoms with Crippen molar-refractivity contribution in [3.8, 4) is 0 Å². The third kappa shape index (κ3) is 3.22. The summed E-state index contributed by atoms with van der Waals surface area (Å²) in [6.07, 6.45) is 0.363. The lowest BCUT2D eigenvalue weighted by molar-refractivity contribution is -0.117. The first-order valence-electron chi connectivity index (χ1n) is 6.23. The number of anilines is 1. The molecule has 0 fully saturated rings. The monoisotopic (exact) mass is 292 g/mol. The number of hydrogen-bond donors (Lipinski definition) is 2. The highest BCUT2D eigenvalue weighted by atomic mass is 19.1. The van der Waals surface area contributed by atoms with Crippen LogP contribution in [0.2, 0.25) is 0 Å². The van der Waals surface area contributed by atoms with Crippen LogP contribution in [0.1, 0.15) is 23.1 Å². The maximum Gasteiger partial charge on any atom is 0.358 e. The summed E-state index contributed by atoms with van der Waals surface area (Å²) in [6, 6.07) is 5.76. The highest BCUT2D eigenvalue weighted by molar-refractivity contribution is 5.91. The summed E-state index contributed by atoms with van der Waals surface area (Å²) in [5.74, 6) is -2.27. The van der Waals surface area contributed by atoms with Crippen LogP contribution in [0.5, 0.6) is 0 Å². The Balaban J connectivity index is 2.13. The van der Waals surface area contributed by atoms with Gasteiger partial charge in [-0.1, -0.05) is 24.3 Å². The number of benzene rings is 1. The molecule has 7 nitrogen and oxygen atoms in total. The molecule has 8 heteroatoms. The van der Waals surface area contributed by atoms with Crippen LogP contribution in [-0.2, 0) is 17.8 Å². The number of carbonyl (C=O) groups is 2. The predicted molar refractivity (Wildman–Crippen MR) is 71.4 cm³/mol. The van der Waals surface area contributed by atoms with Gasteiger partial charge in [-0.15, -0.1) is 5.10 Å². The molecule has 21 heavy (non-hydrogen) atoms. The molecule has 0 aliphatic carbocycles. The van der Waals surface area contributed by atoms with Crippen molar-refractivity contribution in [3.63, 3.8) is 0 Å². The minimum atomic E-state index is -1.20. The van der Waals surface area contributed by atoms with Crippen molar-refractivity contribution in [2.24, 2.45) is 0 Å². The lowest BCUT2D eigenvalue weighted by atomic mass is 10.2. The fourth-order valence-corrected chi connectivity index (χ4v) is 1.86. The smallest absolute Gasteiger partial charge is 0.358 e. The van der Waals surface area contributed by atoms with Crippen LogP contribution >= 0.6 is 0 Å². The zero-order valence-corrected chi connectivity index (χ0v) is 11.2. The number of aromatic nitrogens is 3. The molecule has 2 N–H and O–H groups in total. The molecule has 110 valence electrons. The van der Waals surface area contributed by atoms with Crippen molar-refractivity contribution >= 4 is 17.6 Å². The van der Waals surface area contributed by atoms with E-state index >= 15 is 0 Å². The van der Waals surface area contributed by atoms with Crippen LogP contribution < -0.4 is 5.32 Å². The van der Waals surface area contributed by atoms with E-state index in [2.05, 4.69) is 15.6 Å². The fourth-order valence-electron chi connectivity index (χ4n) is 1.86. The number of carboxylic acids is 1. The number of halogens is 1. The number of rotatable bonds is 5. The van der Waals surface area contributed by atoms with Gasteiger partial charge in [0.15, 0.2) is 5.69 Å². The molecule has 0 aliphatic heterocycles. The summed E-state index contributed by atoms with van der Waals surface area (Å²) >= 11 is 0. The molecular formula is C13H13FN4O3. The van der Waals surface area contributed by atoms with E-state index in [1.165, 1.54) is 22.9 Å². The summed E-state index contributed by atoms with van der Waals surface area (Å²) < 4.78 is 14.6. The van der Waals surface area contributed by atoms with Gasteiger partial charge in [0.1, 0.15) is 12.4 Å². The topological polar surface area (TPSA) is 97.1 Å². The van der Waals surface area contributed by atoms with Gasteiger partial charge in [0.2, 0.25) is 5.91 Å². The zero-order chi connectivity index (χ0) is 15.4. The van der Waals surface area contributed by atoms with E-state index in [1.54, 1.807) is 13.0 Å². The van der Waals surface area contributed by atoms with Crippen LogP contribution in [0.25, 0.3) is 0 Å². The quantitative estimate of drug-likeness (QED) is 0.866. The molecule has 1 heterocycles. The Labute approximate surface area is 119 Å². The summed E-state index contributed by atoms with van der Waals surface area (Å²) in [5.41, 5.74) is 0.210. The molecule has 2 aromatic rings. The van der Waals surface area contributed by atoms with Gasteiger partial charge in [-0.05, 0) is 18.6 Å². The third-order valence-corrected chi connectivity index (χ3v) is 2.82. The second kappa shape index (κ2) is 6.12. The van der Waals surface area contributed by atoms with E-state index in [0.29, 0.717) is 12.1 Å². The van der Waals surface area contributed by atoms with Crippen LogP contribution in [-0.4, -0.2) is 32.0 Å². The lowest BCUT2D eigenvalue weighted by Gasteiger charge is -2.07. The van der Waals surface area contributed by atoms with Crippen molar-refractivity contribution < 1.29 is 19.1 Å². The summed E-state index contributed by atoms with van der Waals surface area (Å²) in [7, 11) is 0. The number of amides is 1. The summed E-state index contributed by atoms with van der Waals surface area (Å²) in [6.45, 7) is 1.49. The zero-order valence-electron chi connectivity index (χ0n) is 11.2. The van der Waals surface area contributed by atoms with E-state index in [0.717, 1.165) is 0 Å². The SMILES string of the molecule is CCc1c(C(=O)O)nnn1CC(=O)Nc1ccccc1F. The second-order valence-electron chi connectivity index (χ2n) is 4.23. The average Bonchev–Trinajstić information content (AvgIpc) is 2.84. The molecule has 0 saturated heterocycles. The van der Waals surface area contributed by atoms with Gasteiger partial charge in [-0.3, -0.25) is 4.79 Å². The molecule has 1 aromatic carbocycles. The Morgan fingerprint density at radius 2 is 2.10 bits per heavy atom. The van der Waals surface area contributed by atoms with E-state index in [4.69, 9.17) is 5.11 Å². The van der Waals surface area contributed by atoms with E-state index in [9.17, 15) is 14.0 Å². The van der Waals surface area contributed by atoms with E-state index in [1.807, 2.05) is 0 Å². The number of nitrogens with zero attached hydrogens (tertiary/aromatic N) is 3. The second-order valence-corrected chi connectivity index (χ2v) is 4.23. The fraction of sp³-hybridized carbons (Fsp3) is 0.231. The first-order chi connectivity index (χ1) is 10.0. The van der Waals surface area contributed by atoms with Crippen molar-refractivity contribution in [1.82, 2.24) is 15.0 Å². The number of carbonyl (C=O) groups excluding carboxylic acids is 1. The largest absolute Gasteiger partial charge is 0.476 e. The van der Waals surface area contributed by atoms with Gasteiger partial charge in [0.05, 0.1) is 11.4 Å². The molecule has 0 bridgehead atoms. The number of hydrogen-bond acceptors (Lipinski definition) is 4. The molecule has 0 radical (unpaired) electrons. The molecule has 0 aliphatic rings. The number of nitrogens with one attached hydrogen (secondary N) is 1. The molecule has 0 spiro atoms. The van der Waals surface area contributed by atoms with Gasteiger partial charge in [0.25, 0.3) is 0 Å². The Morgan fingerprint density at radius 3 is 2.71 bits per heavy atom. The Morgan fingerprint density at radius 1 is 1.38 bits per heavy atom. The maximum absolute atomic E-state index is 13.4. The van der Waals surface area contributed by atoms with Crippen LogP contribution in [0.15, 0.2) is 24.3 Å². The molecule has 1 aromatic heterocycles. The van der Waals surface area contributed by atoms with E-state index in [-0.39, 0.29) is 17.9 Å². The lowest BCUT2D eigenvalue weighted by Crippen LogP contribution is -2.21. The average molecular weight is 292 g/mol. The Kier molecular flexibility index (Phi) is 4.27. The first kappa shape index (κ1) is 14.6. The molecule has 0 atom stereocenters. The minimum Gasteiger partial charge on any atom is -0.476 e. The Bertz CT molecular complexity index is 684. The third-order valence-electron chi connectivity index (χ3n) is 2.82. The van der Waals surface area contributed by atoms with Crippen LogP contribution in [0.3, 0.4) is 0 Å². The summed E-state index contributed by atoms with van der Waals surface area (Å²) in [4.78, 5) is 22.8. The molecular weight excluding hydrogens is 279 g/mol. The minimum absolute atomic E-state index is 0.0547. The first-order valence-corrected chi connectivity index (χ1v) is 6.23. The van der Waals surface area contributed by atoms with Gasteiger partial charge in [-0.25, -0.2) is 13.9 Å². The highest BCUT2D eigenvalue weighted by Crippen LogP contribution is 2.13. The van der Waals surface area contributed by atoms with Crippen LogP contribution in [0, 0.1) is 5.82 Å². The van der Waals surface area contributed by atoms with Crippen molar-refractivity contribution in [3.05, 3.63) is 41.5 Å². The van der Waals surface area contributed by atoms with Gasteiger partial charge >= 0.3 is 5.97 Å². The standard InChI is InChI=1S/C13H13FN4O3/c1-2-10-12(13(20)21)16-17-18(10)7-11(19)15-9-6-4-3-5-8(9)14/h3-6H,2,7H2,1H3,(H,15,19)(H,20,21). The van der Waals surface area contributed by atoms with Gasteiger partial charge in [0, 0.05) is 0 Å². The normalized spacial score (nSPS) is 10.4. The Hall–Kier alpha value is -2.77. The molecule has 1 amide bonds. The van der Waals surface area contributed by atoms with Crippen molar-refractivity contribution in [2.45, 2.75) is 19.9 Å². The maximum atomic E-state index is 13.4. The van der Waals surface area contributed by atoms with Gasteiger partial charge in [-0.2, -0.15) is 0 Å². The highest BCUT2D eigenvalue weighted by Gasteiger charge is 2.19. The summed E-state index contributed by atoms with van der Waals surface area (Å²) in [5, 5.41) is 18.5. The molecule has 0 saturated carbocycles. The van der Waals surface area contributed by atoms with Crippen molar-refractivity contribution in [2.75, 3.05) is 5.32 Å². The number of carboxylic acid groups (broad SMARTS) is 1. The number of aromatic carboxylic acids is 1. The molecule has 2 rings (SSSR count). The van der Waals surface area contributed by atoms with Crippen LogP contribution in [0.4, 0.5) is 10.1 Å². The van der Waals surface area contributed by atoms with Crippen molar-refractivity contribution in [1.29, 1.82) is 0 Å². The van der Waals surface area contributed by atoms with E-state index < -0.39 is 17.7 Å².